The van der Waals surface area contributed by atoms with Gasteiger partial charge in [-0.15, -0.1) is 0 Å². The molecule has 1 aliphatic carbocycles. The number of nitrogens with zero attached hydrogens (tertiary/aromatic N) is 3. The lowest BCUT2D eigenvalue weighted by Gasteiger charge is -2.39. The minimum absolute atomic E-state index is 0.0247. The second-order valence-electron chi connectivity index (χ2n) is 10.2. The molecule has 3 atom stereocenters. The highest BCUT2D eigenvalue weighted by molar-refractivity contribution is 7.94. The van der Waals surface area contributed by atoms with E-state index in [0.29, 0.717) is 17.8 Å². The molecule has 0 aromatic heterocycles. The van der Waals surface area contributed by atoms with Gasteiger partial charge in [-0.1, -0.05) is 50.2 Å². The molecule has 40 heavy (non-hydrogen) atoms. The Morgan fingerprint density at radius 1 is 1.18 bits per heavy atom. The maximum atomic E-state index is 13.9. The number of piperidine rings is 1. The van der Waals surface area contributed by atoms with Crippen LogP contribution in [0.1, 0.15) is 39.7 Å². The van der Waals surface area contributed by atoms with Crippen LogP contribution in [-0.2, 0) is 26.1 Å². The molecule has 1 aliphatic heterocycles. The molecule has 1 heterocycles. The lowest BCUT2D eigenvalue weighted by atomic mass is 9.79. The Hall–Kier alpha value is -3.61. The molecule has 4 rings (SSSR count). The van der Waals surface area contributed by atoms with E-state index < -0.39 is 38.6 Å². The van der Waals surface area contributed by atoms with Crippen molar-refractivity contribution < 1.29 is 35.9 Å². The van der Waals surface area contributed by atoms with Crippen molar-refractivity contribution in [3.63, 3.8) is 0 Å². The molecule has 13 heteroatoms. The highest BCUT2D eigenvalue weighted by atomic mass is 32.2. The first kappa shape index (κ1) is 29.4. The number of hydrazone groups is 1. The second-order valence-corrected chi connectivity index (χ2v) is 11.9. The number of hydrogen-bond acceptors (Lipinski definition) is 7. The summed E-state index contributed by atoms with van der Waals surface area (Å²) in [6.07, 6.45) is -0.997. The molecule has 0 unspecified atom stereocenters. The van der Waals surface area contributed by atoms with E-state index in [1.165, 1.54) is 30.0 Å². The summed E-state index contributed by atoms with van der Waals surface area (Å²) >= 11 is 0. The second kappa shape index (κ2) is 10.8. The van der Waals surface area contributed by atoms with Crippen molar-refractivity contribution in [3.05, 3.63) is 60.2 Å². The Labute approximate surface area is 231 Å². The van der Waals surface area contributed by atoms with Crippen LogP contribution >= 0.6 is 0 Å². The van der Waals surface area contributed by atoms with Gasteiger partial charge in [0.1, 0.15) is 5.71 Å². The molecule has 2 fully saturated rings. The number of hydrogen-bond donors (Lipinski definition) is 1. The summed E-state index contributed by atoms with van der Waals surface area (Å²) in [6.45, 7) is 6.63. The molecule has 1 saturated heterocycles. The number of amides is 2. The monoisotopic (exact) mass is 580 g/mol. The number of rotatable bonds is 8. The predicted molar refractivity (Wildman–Crippen MR) is 144 cm³/mol. The van der Waals surface area contributed by atoms with Crippen molar-refractivity contribution in [3.8, 4) is 0 Å². The number of fused-ring (bicyclic) bond motifs is 1. The molecule has 9 nitrogen and oxygen atoms in total. The summed E-state index contributed by atoms with van der Waals surface area (Å²) in [5, 5.41) is 4.50. The van der Waals surface area contributed by atoms with Gasteiger partial charge in [0.2, 0.25) is 0 Å². The van der Waals surface area contributed by atoms with Crippen molar-refractivity contribution in [2.75, 3.05) is 16.3 Å². The van der Waals surface area contributed by atoms with Gasteiger partial charge in [-0.2, -0.15) is 31.0 Å². The predicted octanol–water partition coefficient (Wildman–Crippen LogP) is 5.36. The van der Waals surface area contributed by atoms with Gasteiger partial charge in [0, 0.05) is 18.0 Å². The maximum Gasteiger partial charge on any atom is 0.517 e. The zero-order valence-electron chi connectivity index (χ0n) is 22.5. The van der Waals surface area contributed by atoms with Gasteiger partial charge in [0.25, 0.3) is 5.91 Å². The smallest absolute Gasteiger partial charge is 0.449 e. The van der Waals surface area contributed by atoms with Crippen LogP contribution in [0.3, 0.4) is 0 Å². The number of alkyl halides is 3. The largest absolute Gasteiger partial charge is 0.517 e. The van der Waals surface area contributed by atoms with Crippen LogP contribution in [0.2, 0.25) is 0 Å². The van der Waals surface area contributed by atoms with Crippen molar-refractivity contribution in [1.82, 2.24) is 4.90 Å². The molecule has 1 N–H and O–H groups in total. The topological polar surface area (TPSA) is 108 Å². The van der Waals surface area contributed by atoms with Crippen molar-refractivity contribution in [2.45, 2.75) is 52.2 Å². The third-order valence-corrected chi connectivity index (χ3v) is 9.07. The Morgan fingerprint density at radius 3 is 2.40 bits per heavy atom. The zero-order valence-corrected chi connectivity index (χ0v) is 23.3. The first-order valence-electron chi connectivity index (χ1n) is 12.8. The Morgan fingerprint density at radius 2 is 1.80 bits per heavy atom. The normalized spacial score (nSPS) is 23.6. The first-order chi connectivity index (χ1) is 18.8. The number of sulfonamides is 1. The van der Waals surface area contributed by atoms with Gasteiger partial charge in [0.15, 0.2) is 0 Å². The standard InChI is InChI=1S/C27H31F3N4O5S/c1-5-39-25(36)34(40(37,38)27(28,29)30)22-14-10-9-11-19(22)16-33-18(4)21-15-26(21,17(2)3)23(24(33)35)32-31-20-12-7-6-8-13-20/h6-14,17-18,21,31H,5,15-16H2,1-4H3/b32-23+/t18-,21-,26+/m1/s1. The minimum atomic E-state index is -6.16. The van der Waals surface area contributed by atoms with Gasteiger partial charge < -0.3 is 9.64 Å². The molecule has 2 aromatic rings. The number of halogens is 3. The van der Waals surface area contributed by atoms with Crippen molar-refractivity contribution >= 4 is 39.1 Å². The van der Waals surface area contributed by atoms with Gasteiger partial charge in [-0.3, -0.25) is 10.2 Å². The van der Waals surface area contributed by atoms with Gasteiger partial charge in [0.05, 0.1) is 18.0 Å². The van der Waals surface area contributed by atoms with Crippen molar-refractivity contribution in [2.24, 2.45) is 22.4 Å². The van der Waals surface area contributed by atoms with Crippen LogP contribution in [0.15, 0.2) is 59.7 Å². The Kier molecular flexibility index (Phi) is 7.90. The molecule has 1 saturated carbocycles. The van der Waals surface area contributed by atoms with Crippen LogP contribution in [0.5, 0.6) is 0 Å². The number of nitrogens with one attached hydrogen (secondary N) is 1. The molecular weight excluding hydrogens is 549 g/mol. The number of ether oxygens (including phenoxy) is 1. The number of anilines is 2. The van der Waals surface area contributed by atoms with Gasteiger partial charge in [-0.25, -0.2) is 4.79 Å². The van der Waals surface area contributed by atoms with Crippen LogP contribution in [0.25, 0.3) is 0 Å². The summed E-state index contributed by atoms with van der Waals surface area (Å²) in [7, 11) is -6.16. The van der Waals surface area contributed by atoms with Gasteiger partial charge in [-0.05, 0) is 55.9 Å². The van der Waals surface area contributed by atoms with E-state index in [2.05, 4.69) is 15.3 Å². The molecule has 2 aliphatic rings. The fraction of sp³-hybridized carbons (Fsp3) is 0.444. The van der Waals surface area contributed by atoms with Crippen LogP contribution < -0.4 is 9.73 Å². The zero-order chi connectivity index (χ0) is 29.5. The average molecular weight is 581 g/mol. The SMILES string of the molecule is CCOC(=O)N(c1ccccc1CN1C(=O)/C(=N\Nc2ccccc2)[C@]2(C(C)C)C[C@@H]2[C@H]1C)S(=O)(=O)C(F)(F)F. The minimum Gasteiger partial charge on any atom is -0.449 e. The summed E-state index contributed by atoms with van der Waals surface area (Å²) in [5.41, 5.74) is -2.83. The molecule has 216 valence electrons. The van der Waals surface area contributed by atoms with Crippen molar-refractivity contribution in [1.29, 1.82) is 0 Å². The summed E-state index contributed by atoms with van der Waals surface area (Å²) in [4.78, 5) is 28.0. The van der Waals surface area contributed by atoms with E-state index >= 15 is 0 Å². The third-order valence-electron chi connectivity index (χ3n) is 7.66. The van der Waals surface area contributed by atoms with Crippen LogP contribution in [0, 0.1) is 17.3 Å². The Bertz CT molecular complexity index is 1410. The molecule has 2 amide bonds. The number of para-hydroxylation sites is 2. The Balaban J connectivity index is 1.74. The quantitative estimate of drug-likeness (QED) is 0.421. The lowest BCUT2D eigenvalue weighted by molar-refractivity contribution is -0.129. The van der Waals surface area contributed by atoms with E-state index in [-0.39, 0.29) is 40.9 Å². The summed E-state index contributed by atoms with van der Waals surface area (Å²) in [6, 6.07) is 14.0. The third kappa shape index (κ3) is 5.02. The van der Waals surface area contributed by atoms with E-state index in [9.17, 15) is 31.2 Å². The summed E-state index contributed by atoms with van der Waals surface area (Å²) < 4.78 is 70.1. The van der Waals surface area contributed by atoms with E-state index in [1.54, 1.807) is 12.1 Å². The summed E-state index contributed by atoms with van der Waals surface area (Å²) in [5.74, 6) is -0.297. The first-order valence-corrected chi connectivity index (χ1v) is 14.3. The fourth-order valence-corrected chi connectivity index (χ4v) is 6.38. The molecular formula is C27H31F3N4O5S. The highest BCUT2D eigenvalue weighted by Gasteiger charge is 2.68. The van der Waals surface area contributed by atoms with E-state index in [4.69, 9.17) is 0 Å². The number of carbonyl (C=O) groups excluding carboxylic acids is 2. The van der Waals surface area contributed by atoms with E-state index in [1.807, 2.05) is 39.0 Å². The van der Waals surface area contributed by atoms with Gasteiger partial charge >= 0.3 is 21.6 Å². The molecule has 0 bridgehead atoms. The van der Waals surface area contributed by atoms with Crippen LogP contribution in [0.4, 0.5) is 29.3 Å². The highest BCUT2D eigenvalue weighted by Crippen LogP contribution is 2.63. The molecule has 0 radical (unpaired) electrons. The maximum absolute atomic E-state index is 13.9. The number of benzene rings is 2. The lowest BCUT2D eigenvalue weighted by Crippen LogP contribution is -2.53. The fourth-order valence-electron chi connectivity index (χ4n) is 5.49. The number of carbonyl (C=O) groups is 2. The molecule has 0 spiro atoms. The van der Waals surface area contributed by atoms with Crippen LogP contribution in [-0.4, -0.2) is 49.2 Å². The average Bonchev–Trinajstić information content (AvgIpc) is 3.65. The van der Waals surface area contributed by atoms with E-state index in [0.717, 1.165) is 6.07 Å². The number of likely N-dealkylation sites (tertiary alicyclic amines) is 1. The molecule has 2 aromatic carbocycles.